The molecule has 0 N–H and O–H groups in total. The minimum absolute atomic E-state index is 0.889. The number of benzene rings is 6. The van der Waals surface area contributed by atoms with Crippen molar-refractivity contribution in [1.29, 1.82) is 0 Å². The maximum absolute atomic E-state index is 5.07. The van der Waals surface area contributed by atoms with Crippen LogP contribution >= 0.6 is 11.3 Å². The zero-order valence-electron chi connectivity index (χ0n) is 24.3. The van der Waals surface area contributed by atoms with E-state index in [1.54, 1.807) is 11.3 Å². The largest absolute Gasteiger partial charge is 0.309 e. The molecule has 3 nitrogen and oxygen atoms in total. The van der Waals surface area contributed by atoms with E-state index in [1.165, 1.54) is 47.6 Å². The van der Waals surface area contributed by atoms with Gasteiger partial charge < -0.3 is 4.57 Å². The van der Waals surface area contributed by atoms with Crippen molar-refractivity contribution in [2.75, 3.05) is 4.90 Å². The Morgan fingerprint density at radius 3 is 1.93 bits per heavy atom. The van der Waals surface area contributed by atoms with E-state index in [0.717, 1.165) is 28.4 Å². The van der Waals surface area contributed by atoms with Crippen LogP contribution in [0.2, 0.25) is 0 Å². The third kappa shape index (κ3) is 4.30. The lowest BCUT2D eigenvalue weighted by atomic mass is 10.0. The van der Waals surface area contributed by atoms with Gasteiger partial charge in [0.1, 0.15) is 5.82 Å². The smallest absolute Gasteiger partial charge is 0.138 e. The van der Waals surface area contributed by atoms with Gasteiger partial charge in [0.2, 0.25) is 0 Å². The van der Waals surface area contributed by atoms with Crippen molar-refractivity contribution in [1.82, 2.24) is 9.55 Å². The molecule has 4 heteroatoms. The highest BCUT2D eigenvalue weighted by molar-refractivity contribution is 7.25. The minimum atomic E-state index is 0.889. The van der Waals surface area contributed by atoms with E-state index < -0.39 is 0 Å². The Balaban J connectivity index is 1.28. The topological polar surface area (TPSA) is 21.1 Å². The fourth-order valence-corrected chi connectivity index (χ4v) is 7.60. The van der Waals surface area contributed by atoms with Gasteiger partial charge in [0.25, 0.3) is 0 Å². The number of rotatable bonds is 5. The van der Waals surface area contributed by atoms with Crippen LogP contribution in [0.1, 0.15) is 0 Å². The summed E-state index contributed by atoms with van der Waals surface area (Å²) < 4.78 is 4.84. The molecule has 0 fully saturated rings. The van der Waals surface area contributed by atoms with Crippen molar-refractivity contribution in [2.24, 2.45) is 0 Å². The van der Waals surface area contributed by atoms with Gasteiger partial charge in [-0.15, -0.1) is 11.3 Å². The fraction of sp³-hybridized carbons (Fsp3) is 0. The number of fused-ring (bicyclic) bond motifs is 6. The van der Waals surface area contributed by atoms with Gasteiger partial charge in [-0.3, -0.25) is 4.90 Å². The molecular weight excluding hydrogens is 567 g/mol. The summed E-state index contributed by atoms with van der Waals surface area (Å²) in [6, 6.07) is 56.3. The van der Waals surface area contributed by atoms with Crippen molar-refractivity contribution < 1.29 is 0 Å². The number of anilines is 3. The van der Waals surface area contributed by atoms with E-state index in [1.807, 2.05) is 6.20 Å². The number of aromatic nitrogens is 2. The third-order valence-electron chi connectivity index (χ3n) is 8.64. The Kier molecular flexibility index (Phi) is 6.00. The summed E-state index contributed by atoms with van der Waals surface area (Å²) in [4.78, 5) is 7.35. The molecule has 0 unspecified atom stereocenters. The molecule has 0 aliphatic carbocycles. The van der Waals surface area contributed by atoms with Crippen LogP contribution in [0, 0.1) is 0 Å². The Morgan fingerprint density at radius 1 is 0.467 bits per heavy atom. The molecule has 0 aliphatic rings. The van der Waals surface area contributed by atoms with Crippen molar-refractivity contribution in [2.45, 2.75) is 0 Å². The second kappa shape index (κ2) is 10.5. The molecule has 0 saturated heterocycles. The first-order chi connectivity index (χ1) is 22.3. The summed E-state index contributed by atoms with van der Waals surface area (Å²) in [5.74, 6) is 0.889. The summed E-state index contributed by atoms with van der Waals surface area (Å²) in [6.07, 6.45) is 2.03. The van der Waals surface area contributed by atoms with E-state index in [9.17, 15) is 0 Å². The van der Waals surface area contributed by atoms with Crippen molar-refractivity contribution in [3.8, 4) is 16.8 Å². The number of para-hydroxylation sites is 2. The molecule has 0 radical (unpaired) electrons. The van der Waals surface area contributed by atoms with Crippen LogP contribution in [-0.4, -0.2) is 9.55 Å². The van der Waals surface area contributed by atoms with Gasteiger partial charge >= 0.3 is 0 Å². The summed E-state index contributed by atoms with van der Waals surface area (Å²) in [7, 11) is 0. The van der Waals surface area contributed by atoms with Crippen LogP contribution in [0.3, 0.4) is 0 Å². The lowest BCUT2D eigenvalue weighted by Crippen LogP contribution is -2.11. The molecule has 212 valence electrons. The van der Waals surface area contributed by atoms with E-state index >= 15 is 0 Å². The van der Waals surface area contributed by atoms with Gasteiger partial charge in [0.05, 0.1) is 15.7 Å². The van der Waals surface area contributed by atoms with Crippen LogP contribution in [0.5, 0.6) is 0 Å². The molecule has 3 aromatic heterocycles. The lowest BCUT2D eigenvalue weighted by molar-refractivity contribution is 1.17. The number of hydrogen-bond donors (Lipinski definition) is 0. The van der Waals surface area contributed by atoms with Crippen LogP contribution < -0.4 is 4.90 Å². The number of pyridine rings is 1. The van der Waals surface area contributed by atoms with Crippen molar-refractivity contribution in [3.05, 3.63) is 164 Å². The molecule has 0 saturated carbocycles. The van der Waals surface area contributed by atoms with Gasteiger partial charge in [-0.2, -0.15) is 0 Å². The molecule has 0 amide bonds. The zero-order chi connectivity index (χ0) is 29.7. The first kappa shape index (κ1) is 25.8. The van der Waals surface area contributed by atoms with Gasteiger partial charge in [-0.05, 0) is 65.7 Å². The van der Waals surface area contributed by atoms with Crippen LogP contribution in [0.4, 0.5) is 17.2 Å². The highest BCUT2D eigenvalue weighted by Crippen LogP contribution is 2.42. The first-order valence-corrected chi connectivity index (χ1v) is 15.9. The Morgan fingerprint density at radius 2 is 1.11 bits per heavy atom. The predicted octanol–water partition coefficient (Wildman–Crippen LogP) is 11.7. The molecule has 6 aromatic carbocycles. The van der Waals surface area contributed by atoms with Gasteiger partial charge in [-0.1, -0.05) is 103 Å². The molecule has 45 heavy (non-hydrogen) atoms. The average Bonchev–Trinajstić information content (AvgIpc) is 3.65. The standard InChI is InChI=1S/C41H27N3S/c1-3-11-28(12-4-1)29-19-21-31(22-20-29)43(41-26-36-35-16-8-10-18-39(35)45-40(36)27-42-41)32-23-24-34-33-15-7-9-17-37(33)44(38(34)25-32)30-13-5-2-6-14-30/h1-27H. The summed E-state index contributed by atoms with van der Waals surface area (Å²) in [5.41, 5.74) is 8.00. The molecular formula is C41H27N3S. The van der Waals surface area contributed by atoms with Crippen LogP contribution in [0.25, 0.3) is 58.8 Å². The maximum atomic E-state index is 5.07. The minimum Gasteiger partial charge on any atom is -0.309 e. The van der Waals surface area contributed by atoms with E-state index in [-0.39, 0.29) is 0 Å². The quantitative estimate of drug-likeness (QED) is 0.198. The summed E-state index contributed by atoms with van der Waals surface area (Å²) in [6.45, 7) is 0. The van der Waals surface area contributed by atoms with Gasteiger partial charge in [0.15, 0.2) is 0 Å². The highest BCUT2D eigenvalue weighted by Gasteiger charge is 2.19. The zero-order valence-corrected chi connectivity index (χ0v) is 25.2. The molecule has 9 aromatic rings. The Bertz CT molecular complexity index is 2480. The second-order valence-electron chi connectivity index (χ2n) is 11.3. The van der Waals surface area contributed by atoms with Crippen molar-refractivity contribution in [3.63, 3.8) is 0 Å². The van der Waals surface area contributed by atoms with Gasteiger partial charge in [0, 0.05) is 49.5 Å². The monoisotopic (exact) mass is 593 g/mol. The van der Waals surface area contributed by atoms with Crippen LogP contribution in [0.15, 0.2) is 164 Å². The fourth-order valence-electron chi connectivity index (χ4n) is 6.54. The Hall–Kier alpha value is -5.71. The Labute approximate surface area is 264 Å². The summed E-state index contributed by atoms with van der Waals surface area (Å²) in [5, 5.41) is 4.96. The molecule has 0 aliphatic heterocycles. The number of hydrogen-bond acceptors (Lipinski definition) is 3. The molecule has 9 rings (SSSR count). The highest BCUT2D eigenvalue weighted by atomic mass is 32.1. The second-order valence-corrected chi connectivity index (χ2v) is 12.4. The number of thiophene rings is 1. The molecule has 3 heterocycles. The predicted molar refractivity (Wildman–Crippen MR) is 192 cm³/mol. The van der Waals surface area contributed by atoms with Crippen molar-refractivity contribution >= 4 is 70.5 Å². The summed E-state index contributed by atoms with van der Waals surface area (Å²) >= 11 is 1.79. The van der Waals surface area contributed by atoms with E-state index in [2.05, 4.69) is 167 Å². The SMILES string of the molecule is c1ccc(-c2ccc(N(c3ccc4c5ccccc5n(-c5ccccc5)c4c3)c3cc4c(cn3)sc3ccccc34)cc2)cc1. The van der Waals surface area contributed by atoms with E-state index in [0.29, 0.717) is 0 Å². The normalized spacial score (nSPS) is 11.6. The van der Waals surface area contributed by atoms with Crippen LogP contribution in [-0.2, 0) is 0 Å². The third-order valence-corrected chi connectivity index (χ3v) is 9.76. The van der Waals surface area contributed by atoms with E-state index in [4.69, 9.17) is 4.98 Å². The molecule has 0 atom stereocenters. The van der Waals surface area contributed by atoms with Gasteiger partial charge in [-0.25, -0.2) is 4.98 Å². The number of nitrogens with zero attached hydrogens (tertiary/aromatic N) is 3. The lowest BCUT2D eigenvalue weighted by Gasteiger charge is -2.25. The molecule has 0 spiro atoms. The maximum Gasteiger partial charge on any atom is 0.138 e. The molecule has 0 bridgehead atoms. The first-order valence-electron chi connectivity index (χ1n) is 15.1. The average molecular weight is 594 g/mol.